The fourth-order valence-corrected chi connectivity index (χ4v) is 4.36. The Bertz CT molecular complexity index is 876. The van der Waals surface area contributed by atoms with Crippen LogP contribution in [0.2, 0.25) is 0 Å². The molecular formula is C20H28N6O2S. The van der Waals surface area contributed by atoms with Gasteiger partial charge in [-0.3, -0.25) is 9.59 Å². The van der Waals surface area contributed by atoms with Crippen LogP contribution in [0.25, 0.3) is 0 Å². The molecule has 2 aromatic rings. The third kappa shape index (κ3) is 5.50. The molecule has 1 aliphatic heterocycles. The molecule has 0 spiro atoms. The maximum absolute atomic E-state index is 12.4. The molecule has 1 aliphatic rings. The molecule has 2 heterocycles. The number of carbonyl (C=O) groups excluding carboxylic acids is 2. The molecule has 3 rings (SSSR count). The van der Waals surface area contributed by atoms with Crippen LogP contribution in [0.3, 0.4) is 0 Å². The number of benzene rings is 1. The van der Waals surface area contributed by atoms with Gasteiger partial charge in [-0.25, -0.2) is 0 Å². The van der Waals surface area contributed by atoms with Crippen LogP contribution in [0.5, 0.6) is 0 Å². The molecule has 9 heteroatoms. The quantitative estimate of drug-likeness (QED) is 0.608. The Hall–Kier alpha value is -2.55. The zero-order valence-corrected chi connectivity index (χ0v) is 17.8. The van der Waals surface area contributed by atoms with Crippen molar-refractivity contribution < 1.29 is 9.59 Å². The van der Waals surface area contributed by atoms with Gasteiger partial charge in [0.1, 0.15) is 5.82 Å². The summed E-state index contributed by atoms with van der Waals surface area (Å²) in [6, 6.07) is 6.06. The van der Waals surface area contributed by atoms with E-state index in [1.54, 1.807) is 0 Å². The highest BCUT2D eigenvalue weighted by molar-refractivity contribution is 7.99. The van der Waals surface area contributed by atoms with Crippen LogP contribution in [-0.4, -0.2) is 45.4 Å². The summed E-state index contributed by atoms with van der Waals surface area (Å²) in [6.45, 7) is 6.93. The van der Waals surface area contributed by atoms with Crippen LogP contribution in [0.4, 0.5) is 11.4 Å². The predicted molar refractivity (Wildman–Crippen MR) is 115 cm³/mol. The topological polar surface area (TPSA) is 106 Å². The van der Waals surface area contributed by atoms with Crippen molar-refractivity contribution in [3.05, 3.63) is 29.6 Å². The van der Waals surface area contributed by atoms with E-state index in [9.17, 15) is 9.59 Å². The number of rotatable bonds is 9. The Labute approximate surface area is 175 Å². The van der Waals surface area contributed by atoms with Gasteiger partial charge in [0.2, 0.25) is 11.8 Å². The maximum Gasteiger partial charge on any atom is 0.234 e. The Kier molecular flexibility index (Phi) is 7.13. The van der Waals surface area contributed by atoms with E-state index in [1.165, 1.54) is 35.9 Å². The SMILES string of the molecule is CCn1c(CCC(N)=O)nnc1SCC(=O)Nc1ccc(N2CCCC2)c(C)c1. The first-order valence-corrected chi connectivity index (χ1v) is 10.9. The van der Waals surface area contributed by atoms with Crippen molar-refractivity contribution in [3.8, 4) is 0 Å². The van der Waals surface area contributed by atoms with Gasteiger partial charge < -0.3 is 20.5 Å². The number of hydrogen-bond donors (Lipinski definition) is 2. The molecule has 3 N–H and O–H groups in total. The van der Waals surface area contributed by atoms with E-state index in [2.05, 4.69) is 33.4 Å². The molecule has 0 aliphatic carbocycles. The minimum Gasteiger partial charge on any atom is -0.371 e. The highest BCUT2D eigenvalue weighted by atomic mass is 32.2. The summed E-state index contributed by atoms with van der Waals surface area (Å²) in [5, 5.41) is 11.9. The van der Waals surface area contributed by atoms with Gasteiger partial charge in [-0.2, -0.15) is 0 Å². The van der Waals surface area contributed by atoms with Gasteiger partial charge in [-0.15, -0.1) is 10.2 Å². The third-order valence-electron chi connectivity index (χ3n) is 4.96. The lowest BCUT2D eigenvalue weighted by atomic mass is 10.1. The van der Waals surface area contributed by atoms with E-state index < -0.39 is 0 Å². The lowest BCUT2D eigenvalue weighted by Crippen LogP contribution is -2.19. The summed E-state index contributed by atoms with van der Waals surface area (Å²) in [5.41, 5.74) is 8.42. The summed E-state index contributed by atoms with van der Waals surface area (Å²) in [4.78, 5) is 25.8. The largest absolute Gasteiger partial charge is 0.371 e. The van der Waals surface area contributed by atoms with Gasteiger partial charge in [-0.1, -0.05) is 11.8 Å². The summed E-state index contributed by atoms with van der Waals surface area (Å²) < 4.78 is 1.91. The van der Waals surface area contributed by atoms with E-state index in [-0.39, 0.29) is 24.0 Å². The Morgan fingerprint density at radius 1 is 1.24 bits per heavy atom. The van der Waals surface area contributed by atoms with Gasteiger partial charge in [0, 0.05) is 43.9 Å². The number of carbonyl (C=O) groups is 2. The monoisotopic (exact) mass is 416 g/mol. The van der Waals surface area contributed by atoms with Crippen molar-refractivity contribution in [1.29, 1.82) is 0 Å². The smallest absolute Gasteiger partial charge is 0.234 e. The van der Waals surface area contributed by atoms with Crippen LogP contribution in [0, 0.1) is 6.92 Å². The van der Waals surface area contributed by atoms with Crippen LogP contribution in [0.1, 0.15) is 37.6 Å². The summed E-state index contributed by atoms with van der Waals surface area (Å²) in [7, 11) is 0. The van der Waals surface area contributed by atoms with Gasteiger partial charge >= 0.3 is 0 Å². The number of nitrogens with one attached hydrogen (secondary N) is 1. The van der Waals surface area contributed by atoms with Crippen LogP contribution < -0.4 is 16.0 Å². The first-order chi connectivity index (χ1) is 14.0. The average molecular weight is 417 g/mol. The standard InChI is InChI=1S/C20H28N6O2S/c1-3-26-18(9-8-17(21)27)23-24-20(26)29-13-19(28)22-15-6-7-16(14(2)12-15)25-10-4-5-11-25/h6-7,12H,3-5,8-11,13H2,1-2H3,(H2,21,27)(H,22,28). The second kappa shape index (κ2) is 9.78. The van der Waals surface area contributed by atoms with Crippen molar-refractivity contribution >= 4 is 35.0 Å². The van der Waals surface area contributed by atoms with E-state index in [0.717, 1.165) is 18.8 Å². The number of aromatic nitrogens is 3. The van der Waals surface area contributed by atoms with E-state index in [0.29, 0.717) is 23.9 Å². The number of primary amides is 1. The van der Waals surface area contributed by atoms with Gasteiger partial charge in [0.05, 0.1) is 5.75 Å². The van der Waals surface area contributed by atoms with Crippen molar-refractivity contribution in [2.24, 2.45) is 5.73 Å². The zero-order chi connectivity index (χ0) is 20.8. The van der Waals surface area contributed by atoms with Crippen molar-refractivity contribution in [2.75, 3.05) is 29.1 Å². The molecule has 1 fully saturated rings. The molecule has 156 valence electrons. The van der Waals surface area contributed by atoms with Crippen molar-refractivity contribution in [3.63, 3.8) is 0 Å². The average Bonchev–Trinajstić information content (AvgIpc) is 3.34. The molecule has 0 unspecified atom stereocenters. The number of amides is 2. The second-order valence-electron chi connectivity index (χ2n) is 7.14. The number of anilines is 2. The molecule has 2 amide bonds. The number of aryl methyl sites for hydroxylation is 2. The number of hydrogen-bond acceptors (Lipinski definition) is 6. The van der Waals surface area contributed by atoms with Crippen LogP contribution in [-0.2, 0) is 22.6 Å². The van der Waals surface area contributed by atoms with Gasteiger partial charge in [-0.05, 0) is 50.5 Å². The van der Waals surface area contributed by atoms with Crippen LogP contribution in [0.15, 0.2) is 23.4 Å². The summed E-state index contributed by atoms with van der Waals surface area (Å²) in [6.07, 6.45) is 3.16. The predicted octanol–water partition coefficient (Wildman–Crippen LogP) is 2.36. The molecule has 8 nitrogen and oxygen atoms in total. The lowest BCUT2D eigenvalue weighted by Gasteiger charge is -2.20. The molecule has 1 aromatic carbocycles. The molecule has 0 saturated carbocycles. The molecule has 0 radical (unpaired) electrons. The number of nitrogens with zero attached hydrogens (tertiary/aromatic N) is 4. The number of nitrogens with two attached hydrogens (primary N) is 1. The minimum atomic E-state index is -0.365. The molecule has 1 aromatic heterocycles. The van der Waals surface area contributed by atoms with E-state index in [1.807, 2.05) is 23.6 Å². The Morgan fingerprint density at radius 2 is 2.00 bits per heavy atom. The first kappa shape index (κ1) is 21.2. The number of thioether (sulfide) groups is 1. The van der Waals surface area contributed by atoms with Crippen molar-refractivity contribution in [2.45, 2.75) is 51.2 Å². The molecule has 0 bridgehead atoms. The maximum atomic E-state index is 12.4. The molecule has 1 saturated heterocycles. The fourth-order valence-electron chi connectivity index (χ4n) is 3.54. The first-order valence-electron chi connectivity index (χ1n) is 9.96. The molecular weight excluding hydrogens is 388 g/mol. The highest BCUT2D eigenvalue weighted by Gasteiger charge is 2.16. The third-order valence-corrected chi connectivity index (χ3v) is 5.93. The molecule has 0 atom stereocenters. The lowest BCUT2D eigenvalue weighted by molar-refractivity contribution is -0.118. The normalized spacial score (nSPS) is 13.7. The summed E-state index contributed by atoms with van der Waals surface area (Å²) >= 11 is 1.33. The van der Waals surface area contributed by atoms with Gasteiger partial charge in [0.25, 0.3) is 0 Å². The minimum absolute atomic E-state index is 0.0901. The molecule has 29 heavy (non-hydrogen) atoms. The van der Waals surface area contributed by atoms with Crippen LogP contribution >= 0.6 is 11.8 Å². The highest BCUT2D eigenvalue weighted by Crippen LogP contribution is 2.27. The Morgan fingerprint density at radius 3 is 2.66 bits per heavy atom. The second-order valence-corrected chi connectivity index (χ2v) is 8.08. The van der Waals surface area contributed by atoms with Gasteiger partial charge in [0.15, 0.2) is 5.16 Å². The zero-order valence-electron chi connectivity index (χ0n) is 17.0. The summed E-state index contributed by atoms with van der Waals surface area (Å²) in [5.74, 6) is 0.492. The Balaban J connectivity index is 1.56. The van der Waals surface area contributed by atoms with Crippen molar-refractivity contribution in [1.82, 2.24) is 14.8 Å². The van der Waals surface area contributed by atoms with E-state index >= 15 is 0 Å². The fraction of sp³-hybridized carbons (Fsp3) is 0.500. The van der Waals surface area contributed by atoms with E-state index in [4.69, 9.17) is 5.73 Å².